The van der Waals surface area contributed by atoms with E-state index in [1.165, 1.54) is 19.1 Å². The van der Waals surface area contributed by atoms with Crippen LogP contribution in [-0.4, -0.2) is 4.98 Å². The van der Waals surface area contributed by atoms with Crippen LogP contribution in [-0.2, 0) is 6.18 Å². The van der Waals surface area contributed by atoms with Crippen molar-refractivity contribution in [2.75, 3.05) is 0 Å². The number of pyridine rings is 1. The highest BCUT2D eigenvalue weighted by Gasteiger charge is 2.33. The Balaban J connectivity index is 2.63. The minimum absolute atomic E-state index is 0.00600. The SMILES string of the molecule is Cc1cc(-c2cccc(C)c2F)nc(C(F)(F)F)c1. The lowest BCUT2D eigenvalue weighted by atomic mass is 10.1. The first-order chi connectivity index (χ1) is 8.79. The number of halogens is 4. The van der Waals surface area contributed by atoms with Crippen LogP contribution in [0, 0.1) is 19.7 Å². The monoisotopic (exact) mass is 269 g/mol. The molecular weight excluding hydrogens is 258 g/mol. The zero-order valence-corrected chi connectivity index (χ0v) is 10.3. The molecule has 1 nitrogen and oxygen atoms in total. The average molecular weight is 269 g/mol. The molecule has 0 atom stereocenters. The minimum Gasteiger partial charge on any atom is -0.243 e. The molecule has 0 aliphatic heterocycles. The smallest absolute Gasteiger partial charge is 0.243 e. The summed E-state index contributed by atoms with van der Waals surface area (Å²) in [6, 6.07) is 6.94. The molecule has 1 aromatic carbocycles. The quantitative estimate of drug-likeness (QED) is 0.693. The van der Waals surface area contributed by atoms with Crippen molar-refractivity contribution in [3.8, 4) is 11.3 Å². The second kappa shape index (κ2) is 4.64. The predicted octanol–water partition coefficient (Wildman–Crippen LogP) is 4.52. The van der Waals surface area contributed by atoms with Crippen molar-refractivity contribution in [1.82, 2.24) is 4.98 Å². The Morgan fingerprint density at radius 1 is 1.05 bits per heavy atom. The third kappa shape index (κ3) is 2.75. The van der Waals surface area contributed by atoms with Crippen LogP contribution in [0.4, 0.5) is 17.6 Å². The molecule has 0 amide bonds. The lowest BCUT2D eigenvalue weighted by Crippen LogP contribution is -2.09. The lowest BCUT2D eigenvalue weighted by Gasteiger charge is -2.11. The summed E-state index contributed by atoms with van der Waals surface area (Å²) in [4.78, 5) is 3.51. The number of benzene rings is 1. The average Bonchev–Trinajstić information content (AvgIpc) is 2.31. The van der Waals surface area contributed by atoms with Crippen molar-refractivity contribution in [1.29, 1.82) is 0 Å². The summed E-state index contributed by atoms with van der Waals surface area (Å²) in [6.45, 7) is 3.08. The summed E-state index contributed by atoms with van der Waals surface area (Å²) in [5.74, 6) is -0.547. The first-order valence-corrected chi connectivity index (χ1v) is 5.60. The molecule has 0 fully saturated rings. The van der Waals surface area contributed by atoms with Crippen molar-refractivity contribution in [2.45, 2.75) is 20.0 Å². The van der Waals surface area contributed by atoms with Gasteiger partial charge in [-0.1, -0.05) is 12.1 Å². The summed E-state index contributed by atoms with van der Waals surface area (Å²) in [5, 5.41) is 0. The van der Waals surface area contributed by atoms with Gasteiger partial charge < -0.3 is 0 Å². The van der Waals surface area contributed by atoms with E-state index in [0.717, 1.165) is 6.07 Å². The van der Waals surface area contributed by atoms with Gasteiger partial charge >= 0.3 is 6.18 Å². The molecular formula is C14H11F4N. The molecule has 0 saturated carbocycles. The number of hydrogen-bond acceptors (Lipinski definition) is 1. The van der Waals surface area contributed by atoms with Gasteiger partial charge in [0.2, 0.25) is 0 Å². The number of rotatable bonds is 1. The van der Waals surface area contributed by atoms with Gasteiger partial charge in [-0.25, -0.2) is 9.37 Å². The van der Waals surface area contributed by atoms with Crippen LogP contribution in [0.5, 0.6) is 0 Å². The molecule has 0 aliphatic carbocycles. The minimum atomic E-state index is -4.54. The Hall–Kier alpha value is -1.91. The van der Waals surface area contributed by atoms with E-state index in [2.05, 4.69) is 4.98 Å². The Morgan fingerprint density at radius 2 is 1.74 bits per heavy atom. The van der Waals surface area contributed by atoms with Crippen LogP contribution < -0.4 is 0 Å². The lowest BCUT2D eigenvalue weighted by molar-refractivity contribution is -0.141. The molecule has 100 valence electrons. The summed E-state index contributed by atoms with van der Waals surface area (Å²) in [7, 11) is 0. The zero-order valence-electron chi connectivity index (χ0n) is 10.3. The number of alkyl halides is 3. The van der Waals surface area contributed by atoms with Gasteiger partial charge in [-0.05, 0) is 43.2 Å². The van der Waals surface area contributed by atoms with Crippen molar-refractivity contribution in [2.24, 2.45) is 0 Å². The van der Waals surface area contributed by atoms with E-state index in [9.17, 15) is 17.6 Å². The topological polar surface area (TPSA) is 12.9 Å². The molecule has 0 saturated heterocycles. The summed E-state index contributed by atoms with van der Waals surface area (Å²) < 4.78 is 52.0. The Kier molecular flexibility index (Phi) is 3.30. The van der Waals surface area contributed by atoms with E-state index in [1.54, 1.807) is 19.1 Å². The number of aryl methyl sites for hydroxylation is 2. The molecule has 0 unspecified atom stereocenters. The van der Waals surface area contributed by atoms with Gasteiger partial charge in [0.25, 0.3) is 0 Å². The van der Waals surface area contributed by atoms with Crippen molar-refractivity contribution < 1.29 is 17.6 Å². The fourth-order valence-corrected chi connectivity index (χ4v) is 1.80. The van der Waals surface area contributed by atoms with E-state index < -0.39 is 17.7 Å². The van der Waals surface area contributed by atoms with Crippen molar-refractivity contribution in [3.05, 3.63) is 53.0 Å². The molecule has 19 heavy (non-hydrogen) atoms. The van der Waals surface area contributed by atoms with Gasteiger partial charge in [0.1, 0.15) is 11.5 Å². The normalized spacial score (nSPS) is 11.7. The van der Waals surface area contributed by atoms with E-state index in [-0.39, 0.29) is 11.3 Å². The van der Waals surface area contributed by atoms with Gasteiger partial charge in [-0.2, -0.15) is 13.2 Å². The van der Waals surface area contributed by atoms with Crippen LogP contribution in [0.2, 0.25) is 0 Å². The molecule has 0 aliphatic rings. The Morgan fingerprint density at radius 3 is 2.37 bits per heavy atom. The van der Waals surface area contributed by atoms with E-state index in [4.69, 9.17) is 0 Å². The molecule has 1 aromatic heterocycles. The highest BCUT2D eigenvalue weighted by Crippen LogP contribution is 2.31. The molecule has 0 N–H and O–H groups in total. The van der Waals surface area contributed by atoms with Gasteiger partial charge in [-0.15, -0.1) is 0 Å². The second-order valence-corrected chi connectivity index (χ2v) is 4.35. The molecule has 0 radical (unpaired) electrons. The van der Waals surface area contributed by atoms with Crippen LogP contribution in [0.3, 0.4) is 0 Å². The maximum absolute atomic E-state index is 13.9. The first-order valence-electron chi connectivity index (χ1n) is 5.60. The summed E-state index contributed by atoms with van der Waals surface area (Å²) in [5.41, 5.74) is -0.182. The predicted molar refractivity (Wildman–Crippen MR) is 64.1 cm³/mol. The van der Waals surface area contributed by atoms with Crippen LogP contribution in [0.1, 0.15) is 16.8 Å². The van der Waals surface area contributed by atoms with E-state index in [0.29, 0.717) is 11.1 Å². The number of hydrogen-bond donors (Lipinski definition) is 0. The van der Waals surface area contributed by atoms with Gasteiger partial charge in [0.05, 0.1) is 5.69 Å². The summed E-state index contributed by atoms with van der Waals surface area (Å²) in [6.07, 6.45) is -4.54. The maximum Gasteiger partial charge on any atom is 0.433 e. The maximum atomic E-state index is 13.9. The fourth-order valence-electron chi connectivity index (χ4n) is 1.80. The number of aromatic nitrogens is 1. The van der Waals surface area contributed by atoms with Crippen molar-refractivity contribution >= 4 is 0 Å². The van der Waals surface area contributed by atoms with Gasteiger partial charge in [-0.3, -0.25) is 0 Å². The molecule has 2 rings (SSSR count). The third-order valence-corrected chi connectivity index (χ3v) is 2.73. The third-order valence-electron chi connectivity index (χ3n) is 2.73. The molecule has 2 aromatic rings. The molecule has 0 bridgehead atoms. The van der Waals surface area contributed by atoms with E-state index >= 15 is 0 Å². The zero-order chi connectivity index (χ0) is 14.2. The van der Waals surface area contributed by atoms with Gasteiger partial charge in [0.15, 0.2) is 0 Å². The summed E-state index contributed by atoms with van der Waals surface area (Å²) >= 11 is 0. The van der Waals surface area contributed by atoms with E-state index in [1.807, 2.05) is 0 Å². The number of nitrogens with zero attached hydrogens (tertiary/aromatic N) is 1. The Labute approximate surface area is 107 Å². The van der Waals surface area contributed by atoms with Crippen LogP contribution in [0.15, 0.2) is 30.3 Å². The highest BCUT2D eigenvalue weighted by atomic mass is 19.4. The molecule has 0 spiro atoms. The largest absolute Gasteiger partial charge is 0.433 e. The fraction of sp³-hybridized carbons (Fsp3) is 0.214. The first kappa shape index (κ1) is 13.5. The Bertz CT molecular complexity index is 617. The second-order valence-electron chi connectivity index (χ2n) is 4.35. The van der Waals surface area contributed by atoms with Crippen LogP contribution in [0.25, 0.3) is 11.3 Å². The molecule has 1 heterocycles. The standard InChI is InChI=1S/C14H11F4N/c1-8-6-11(19-12(7-8)14(16,17)18)10-5-3-4-9(2)13(10)15/h3-7H,1-2H3. The highest BCUT2D eigenvalue weighted by molar-refractivity contribution is 5.62. The molecule has 5 heteroatoms. The van der Waals surface area contributed by atoms with Crippen LogP contribution >= 0.6 is 0 Å². The van der Waals surface area contributed by atoms with Gasteiger partial charge in [0, 0.05) is 5.56 Å². The van der Waals surface area contributed by atoms with Crippen molar-refractivity contribution in [3.63, 3.8) is 0 Å².